The van der Waals surface area contributed by atoms with Gasteiger partial charge in [-0.1, -0.05) is 11.6 Å². The molecular weight excluding hydrogens is 422 g/mol. The fraction of sp³-hybridized carbons (Fsp3) is 0. The Labute approximate surface area is 136 Å². The van der Waals surface area contributed by atoms with Gasteiger partial charge in [0.05, 0.1) is 11.0 Å². The van der Waals surface area contributed by atoms with Gasteiger partial charge < -0.3 is 4.74 Å². The van der Waals surface area contributed by atoms with Gasteiger partial charge in [-0.05, 0) is 52.4 Å². The number of halogens is 3. The summed E-state index contributed by atoms with van der Waals surface area (Å²) in [6, 6.07) is 5.89. The molecule has 1 heterocycles. The van der Waals surface area contributed by atoms with Gasteiger partial charge >= 0.3 is 10.8 Å². The molecule has 0 unspecified atom stereocenters. The second-order valence-corrected chi connectivity index (χ2v) is 5.67. The first-order valence-corrected chi connectivity index (χ1v) is 6.93. The summed E-state index contributed by atoms with van der Waals surface area (Å²) in [6.07, 6.45) is 1.05. The molecule has 1 aromatic heterocycles. The summed E-state index contributed by atoms with van der Waals surface area (Å²) in [4.78, 5) is 10.3. The van der Waals surface area contributed by atoms with Gasteiger partial charge in [0.25, 0.3) is 5.75 Å². The maximum Gasteiger partial charge on any atom is 0.374 e. The van der Waals surface area contributed by atoms with Gasteiger partial charge in [0.1, 0.15) is 5.75 Å². The number of benzene rings is 1. The lowest BCUT2D eigenvalue weighted by Crippen LogP contribution is -2.31. The molecule has 104 valence electrons. The van der Waals surface area contributed by atoms with Gasteiger partial charge in [-0.25, -0.2) is 0 Å². The van der Waals surface area contributed by atoms with Crippen LogP contribution in [0, 0.1) is 13.7 Å². The number of rotatable bonds is 3. The second-order valence-electron chi connectivity index (χ2n) is 3.63. The van der Waals surface area contributed by atoms with E-state index in [1.807, 2.05) is 22.6 Å². The zero-order valence-corrected chi connectivity index (χ0v) is 13.3. The molecule has 2 rings (SSSR count). The topological polar surface area (TPSA) is 76.5 Å². The molecule has 0 amide bonds. The largest absolute Gasteiger partial charge is 0.443 e. The van der Waals surface area contributed by atoms with Crippen molar-refractivity contribution in [1.82, 2.24) is 0 Å². The van der Waals surface area contributed by atoms with Crippen molar-refractivity contribution >= 4 is 51.5 Å². The third kappa shape index (κ3) is 3.22. The molecule has 0 saturated carbocycles. The standard InChI is InChI=1S/C11H6Cl2IN2O4/c12-6-3-7(14)5-8(4-6)20-10-9(16(18)19)1-2-15(17)11(10)13/h1-5,17H/q+1. The highest BCUT2D eigenvalue weighted by atomic mass is 127. The molecule has 1 N–H and O–H groups in total. The second kappa shape index (κ2) is 5.98. The van der Waals surface area contributed by atoms with Crippen molar-refractivity contribution in [3.63, 3.8) is 0 Å². The van der Waals surface area contributed by atoms with E-state index in [1.165, 1.54) is 6.07 Å². The molecule has 0 radical (unpaired) electrons. The van der Waals surface area contributed by atoms with Crippen molar-refractivity contribution in [2.75, 3.05) is 0 Å². The molecule has 0 aliphatic carbocycles. The SMILES string of the molecule is O=[N+]([O-])c1cc[n+](O)c(Cl)c1Oc1cc(Cl)cc(I)c1. The molecule has 20 heavy (non-hydrogen) atoms. The summed E-state index contributed by atoms with van der Waals surface area (Å²) in [6.45, 7) is 0. The normalized spacial score (nSPS) is 10.3. The molecule has 0 aliphatic rings. The third-order valence-electron chi connectivity index (χ3n) is 2.25. The zero-order valence-electron chi connectivity index (χ0n) is 9.59. The van der Waals surface area contributed by atoms with Crippen LogP contribution in [-0.2, 0) is 0 Å². The Kier molecular flexibility index (Phi) is 4.51. The minimum atomic E-state index is -0.656. The molecule has 9 heteroatoms. The lowest BCUT2D eigenvalue weighted by molar-refractivity contribution is -0.903. The van der Waals surface area contributed by atoms with E-state index < -0.39 is 4.92 Å². The Hall–Kier alpha value is -1.32. The van der Waals surface area contributed by atoms with E-state index in [-0.39, 0.29) is 22.3 Å². The summed E-state index contributed by atoms with van der Waals surface area (Å²) in [5.74, 6) is 0.0119. The molecular formula is C11H6Cl2IN2O4+. The van der Waals surface area contributed by atoms with Crippen molar-refractivity contribution in [3.05, 3.63) is 54.3 Å². The van der Waals surface area contributed by atoms with Crippen molar-refractivity contribution in [1.29, 1.82) is 0 Å². The van der Waals surface area contributed by atoms with Crippen LogP contribution in [0.15, 0.2) is 30.5 Å². The fourth-order valence-electron chi connectivity index (χ4n) is 1.44. The Morgan fingerprint density at radius 2 is 2.05 bits per heavy atom. The first-order chi connectivity index (χ1) is 9.38. The number of hydrogen-bond donors (Lipinski definition) is 1. The summed E-state index contributed by atoms with van der Waals surface area (Å²) in [5.41, 5.74) is -0.365. The van der Waals surface area contributed by atoms with Crippen LogP contribution in [0.4, 0.5) is 5.69 Å². The number of ether oxygens (including phenoxy) is 1. The van der Waals surface area contributed by atoms with E-state index in [9.17, 15) is 15.3 Å². The smallest absolute Gasteiger partial charge is 0.374 e. The molecule has 0 bridgehead atoms. The van der Waals surface area contributed by atoms with Crippen molar-refractivity contribution in [3.8, 4) is 11.5 Å². The molecule has 0 spiro atoms. The maximum atomic E-state index is 11.0. The summed E-state index contributed by atoms with van der Waals surface area (Å²) < 4.78 is 6.72. The number of pyridine rings is 1. The molecule has 1 aromatic carbocycles. The number of nitro groups is 1. The molecule has 6 nitrogen and oxygen atoms in total. The predicted molar refractivity (Wildman–Crippen MR) is 79.7 cm³/mol. The monoisotopic (exact) mass is 427 g/mol. The Bertz CT molecular complexity index is 676. The van der Waals surface area contributed by atoms with Crippen molar-refractivity contribution in [2.24, 2.45) is 0 Å². The van der Waals surface area contributed by atoms with E-state index in [4.69, 9.17) is 27.9 Å². The van der Waals surface area contributed by atoms with Gasteiger partial charge in [-0.2, -0.15) is 0 Å². The Balaban J connectivity index is 2.52. The van der Waals surface area contributed by atoms with Gasteiger partial charge in [0, 0.05) is 13.3 Å². The highest BCUT2D eigenvalue weighted by Gasteiger charge is 2.28. The molecule has 0 saturated heterocycles. The van der Waals surface area contributed by atoms with Crippen LogP contribution in [0.25, 0.3) is 0 Å². The van der Waals surface area contributed by atoms with E-state index in [0.717, 1.165) is 15.8 Å². The number of nitrogens with zero attached hydrogens (tertiary/aromatic N) is 2. The lowest BCUT2D eigenvalue weighted by Gasteiger charge is -2.06. The first-order valence-electron chi connectivity index (χ1n) is 5.10. The minimum absolute atomic E-state index is 0.264. The summed E-state index contributed by atoms with van der Waals surface area (Å²) in [5, 5.41) is 20.5. The highest BCUT2D eigenvalue weighted by molar-refractivity contribution is 14.1. The van der Waals surface area contributed by atoms with E-state index in [0.29, 0.717) is 9.75 Å². The average Bonchev–Trinajstić information content (AvgIpc) is 2.33. The zero-order chi connectivity index (χ0) is 14.9. The van der Waals surface area contributed by atoms with Crippen LogP contribution in [-0.4, -0.2) is 10.1 Å². The first kappa shape index (κ1) is 15.1. The van der Waals surface area contributed by atoms with E-state index >= 15 is 0 Å². The maximum absolute atomic E-state index is 11.0. The molecule has 0 fully saturated rings. The lowest BCUT2D eigenvalue weighted by atomic mass is 10.3. The van der Waals surface area contributed by atoms with E-state index in [1.54, 1.807) is 12.1 Å². The van der Waals surface area contributed by atoms with Crippen molar-refractivity contribution < 1.29 is 19.6 Å². The van der Waals surface area contributed by atoms with Gasteiger partial charge in [0.15, 0.2) is 0 Å². The summed E-state index contributed by atoms with van der Waals surface area (Å²) >= 11 is 13.7. The van der Waals surface area contributed by atoms with Crippen LogP contribution in [0.3, 0.4) is 0 Å². The molecule has 0 atom stereocenters. The Morgan fingerprint density at radius 3 is 2.65 bits per heavy atom. The average molecular weight is 428 g/mol. The van der Waals surface area contributed by atoms with Gasteiger partial charge in [-0.3, -0.25) is 15.3 Å². The predicted octanol–water partition coefficient (Wildman–Crippen LogP) is 3.82. The van der Waals surface area contributed by atoms with Crippen LogP contribution in [0.5, 0.6) is 11.5 Å². The van der Waals surface area contributed by atoms with Gasteiger partial charge in [0.2, 0.25) is 6.20 Å². The fourth-order valence-corrected chi connectivity index (χ4v) is 2.68. The molecule has 2 aromatic rings. The van der Waals surface area contributed by atoms with E-state index in [2.05, 4.69) is 0 Å². The van der Waals surface area contributed by atoms with Crippen molar-refractivity contribution in [2.45, 2.75) is 0 Å². The quantitative estimate of drug-likeness (QED) is 0.202. The number of hydrogen-bond acceptors (Lipinski definition) is 4. The number of aromatic nitrogens is 1. The van der Waals surface area contributed by atoms with Crippen LogP contribution >= 0.6 is 45.8 Å². The minimum Gasteiger partial charge on any atom is -0.443 e. The van der Waals surface area contributed by atoms with Crippen LogP contribution < -0.4 is 9.47 Å². The van der Waals surface area contributed by atoms with Crippen LogP contribution in [0.1, 0.15) is 0 Å². The van der Waals surface area contributed by atoms with Crippen LogP contribution in [0.2, 0.25) is 10.2 Å². The third-order valence-corrected chi connectivity index (χ3v) is 3.43. The Morgan fingerprint density at radius 1 is 1.35 bits per heavy atom. The molecule has 0 aliphatic heterocycles. The highest BCUT2D eigenvalue weighted by Crippen LogP contribution is 2.36. The van der Waals surface area contributed by atoms with Gasteiger partial charge in [-0.15, -0.1) is 0 Å². The summed E-state index contributed by atoms with van der Waals surface area (Å²) in [7, 11) is 0.